The number of piperidine rings is 1. The number of likely N-dealkylation sites (tertiary alicyclic amines) is 1. The van der Waals surface area contributed by atoms with Gasteiger partial charge in [-0.25, -0.2) is 0 Å². The number of amides is 2. The predicted octanol–water partition coefficient (Wildman–Crippen LogP) is 5.17. The van der Waals surface area contributed by atoms with Gasteiger partial charge in [0.05, 0.1) is 6.04 Å². The van der Waals surface area contributed by atoms with Gasteiger partial charge in [-0.1, -0.05) is 72.3 Å². The van der Waals surface area contributed by atoms with Gasteiger partial charge < -0.3 is 14.8 Å². The maximum Gasteiger partial charge on any atom is 0.246 e. The molecule has 0 bridgehead atoms. The summed E-state index contributed by atoms with van der Waals surface area (Å²) in [4.78, 5) is 37.8. The third-order valence-electron chi connectivity index (χ3n) is 8.73. The van der Waals surface area contributed by atoms with Crippen molar-refractivity contribution in [2.75, 3.05) is 19.6 Å². The number of halogens is 1. The second-order valence-electron chi connectivity index (χ2n) is 11.0. The topological polar surface area (TPSA) is 59.7 Å². The third kappa shape index (κ3) is 4.32. The minimum atomic E-state index is -0.513. The average Bonchev–Trinajstić information content (AvgIpc) is 3.34. The molecule has 4 aromatic rings. The molecule has 3 aliphatic heterocycles. The highest BCUT2D eigenvalue weighted by atomic mass is 35.5. The van der Waals surface area contributed by atoms with Crippen LogP contribution in [0.3, 0.4) is 0 Å². The number of piperazine rings is 1. The van der Waals surface area contributed by atoms with Crippen LogP contribution in [-0.2, 0) is 22.6 Å². The number of hydrogen-bond acceptors (Lipinski definition) is 3. The third-order valence-corrected chi connectivity index (χ3v) is 8.98. The van der Waals surface area contributed by atoms with Gasteiger partial charge in [0.25, 0.3) is 0 Å². The Labute approximate surface area is 233 Å². The monoisotopic (exact) mass is 538 g/mol. The van der Waals surface area contributed by atoms with Gasteiger partial charge in [0.2, 0.25) is 11.8 Å². The molecule has 0 spiro atoms. The lowest BCUT2D eigenvalue weighted by Gasteiger charge is -2.49. The van der Waals surface area contributed by atoms with Gasteiger partial charge in [-0.15, -0.1) is 0 Å². The van der Waals surface area contributed by atoms with Gasteiger partial charge in [0, 0.05) is 53.7 Å². The van der Waals surface area contributed by atoms with E-state index in [9.17, 15) is 9.59 Å². The lowest BCUT2D eigenvalue weighted by atomic mass is 9.85. The number of benzene rings is 3. The number of rotatable bonds is 4. The minimum absolute atomic E-state index is 0.00979. The van der Waals surface area contributed by atoms with E-state index in [0.717, 1.165) is 60.2 Å². The Morgan fingerprint density at radius 1 is 0.872 bits per heavy atom. The number of carbonyl (C=O) groups is 2. The van der Waals surface area contributed by atoms with Gasteiger partial charge in [-0.2, -0.15) is 0 Å². The van der Waals surface area contributed by atoms with Crippen molar-refractivity contribution < 1.29 is 9.59 Å². The Bertz CT molecular complexity index is 1530. The Morgan fingerprint density at radius 3 is 2.36 bits per heavy atom. The van der Waals surface area contributed by atoms with Crippen LogP contribution in [0, 0.1) is 0 Å². The van der Waals surface area contributed by atoms with Crippen molar-refractivity contribution in [1.29, 1.82) is 0 Å². The summed E-state index contributed by atoms with van der Waals surface area (Å²) < 4.78 is 0. The van der Waals surface area contributed by atoms with Crippen LogP contribution in [0.15, 0.2) is 78.9 Å². The van der Waals surface area contributed by atoms with Crippen LogP contribution in [0.4, 0.5) is 0 Å². The molecular weight excluding hydrogens is 508 g/mol. The van der Waals surface area contributed by atoms with E-state index < -0.39 is 6.04 Å². The number of para-hydroxylation sites is 1. The van der Waals surface area contributed by atoms with E-state index in [-0.39, 0.29) is 30.4 Å². The minimum Gasteiger partial charge on any atom is -0.356 e. The van der Waals surface area contributed by atoms with Crippen molar-refractivity contribution in [3.63, 3.8) is 0 Å². The summed E-state index contributed by atoms with van der Waals surface area (Å²) in [5.74, 6) is 0.0848. The molecule has 4 heterocycles. The summed E-state index contributed by atoms with van der Waals surface area (Å²) in [6.07, 6.45) is 2.30. The van der Waals surface area contributed by atoms with Crippen molar-refractivity contribution in [3.05, 3.63) is 106 Å². The van der Waals surface area contributed by atoms with Gasteiger partial charge in [-0.3, -0.25) is 14.5 Å². The molecule has 6 nitrogen and oxygen atoms in total. The van der Waals surface area contributed by atoms with E-state index in [4.69, 9.17) is 11.6 Å². The largest absolute Gasteiger partial charge is 0.356 e. The van der Waals surface area contributed by atoms with Crippen LogP contribution in [0.5, 0.6) is 0 Å². The number of hydrogen-bond donors (Lipinski definition) is 1. The molecule has 1 aromatic heterocycles. The van der Waals surface area contributed by atoms with E-state index in [1.807, 2.05) is 52.3 Å². The van der Waals surface area contributed by atoms with E-state index in [1.54, 1.807) is 0 Å². The average molecular weight is 539 g/mol. The molecule has 3 aliphatic rings. The predicted molar refractivity (Wildman–Crippen MR) is 152 cm³/mol. The normalized spacial score (nSPS) is 22.3. The van der Waals surface area contributed by atoms with Crippen molar-refractivity contribution in [2.24, 2.45) is 0 Å². The summed E-state index contributed by atoms with van der Waals surface area (Å²) in [5, 5.41) is 1.77. The van der Waals surface area contributed by atoms with E-state index >= 15 is 0 Å². The summed E-state index contributed by atoms with van der Waals surface area (Å²) in [5.41, 5.74) is 5.43. The fourth-order valence-electron chi connectivity index (χ4n) is 6.82. The van der Waals surface area contributed by atoms with Crippen LogP contribution in [0.2, 0.25) is 5.02 Å². The number of H-pyrrole nitrogens is 1. The maximum absolute atomic E-state index is 14.2. The molecule has 2 fully saturated rings. The number of nitrogens with zero attached hydrogens (tertiary/aromatic N) is 3. The molecule has 39 heavy (non-hydrogen) atoms. The van der Waals surface area contributed by atoms with Crippen LogP contribution in [0.25, 0.3) is 10.9 Å². The molecule has 1 N–H and O–H groups in total. The number of carbonyl (C=O) groups excluding carboxylic acids is 2. The molecule has 0 radical (unpaired) electrons. The zero-order chi connectivity index (χ0) is 26.5. The lowest BCUT2D eigenvalue weighted by molar-refractivity contribution is -0.161. The SMILES string of the molecule is O=C1[C@H]2Cc3c([nH]c4ccccc34)[C@H](c3ccc(Cl)cc3)N2C(=O)CN1C1CCN(Cc2ccccc2)CC1. The van der Waals surface area contributed by atoms with Crippen molar-refractivity contribution in [1.82, 2.24) is 19.7 Å². The van der Waals surface area contributed by atoms with Crippen LogP contribution >= 0.6 is 11.6 Å². The quantitative estimate of drug-likeness (QED) is 0.390. The highest BCUT2D eigenvalue weighted by Crippen LogP contribution is 2.43. The van der Waals surface area contributed by atoms with Gasteiger partial charge in [-0.05, 0) is 47.7 Å². The standard InChI is InChI=1S/C32H31ClN4O2/c33-23-12-10-22(11-13-23)31-30-26(25-8-4-5-9-27(25)34-30)18-28-32(39)36(20-29(38)37(28)31)24-14-16-35(17-15-24)19-21-6-2-1-3-7-21/h1-13,24,28,31,34H,14-20H2/t28-,31+/m1/s1. The zero-order valence-corrected chi connectivity index (χ0v) is 22.5. The lowest BCUT2D eigenvalue weighted by Crippen LogP contribution is -2.65. The summed E-state index contributed by atoms with van der Waals surface area (Å²) in [7, 11) is 0. The smallest absolute Gasteiger partial charge is 0.246 e. The zero-order valence-electron chi connectivity index (χ0n) is 21.7. The summed E-state index contributed by atoms with van der Waals surface area (Å²) in [6, 6.07) is 25.6. The first kappa shape index (κ1) is 24.4. The molecule has 7 rings (SSSR count). The molecule has 198 valence electrons. The fraction of sp³-hybridized carbons (Fsp3) is 0.312. The fourth-order valence-corrected chi connectivity index (χ4v) is 6.94. The maximum atomic E-state index is 14.2. The van der Waals surface area contributed by atoms with E-state index in [1.165, 1.54) is 5.56 Å². The van der Waals surface area contributed by atoms with Crippen LogP contribution in [-0.4, -0.2) is 63.2 Å². The van der Waals surface area contributed by atoms with Crippen molar-refractivity contribution >= 4 is 34.3 Å². The van der Waals surface area contributed by atoms with Gasteiger partial charge in [0.15, 0.2) is 0 Å². The number of nitrogens with one attached hydrogen (secondary N) is 1. The summed E-state index contributed by atoms with van der Waals surface area (Å²) in [6.45, 7) is 2.90. The van der Waals surface area contributed by atoms with Gasteiger partial charge >= 0.3 is 0 Å². The molecule has 3 aromatic carbocycles. The Hall–Kier alpha value is -3.61. The Kier molecular flexibility index (Phi) is 6.17. The molecular formula is C32H31ClN4O2. The molecule has 0 aliphatic carbocycles. The first-order valence-electron chi connectivity index (χ1n) is 13.8. The molecule has 0 saturated carbocycles. The molecule has 0 unspecified atom stereocenters. The molecule has 7 heteroatoms. The second kappa shape index (κ2) is 9.85. The number of aromatic nitrogens is 1. The van der Waals surface area contributed by atoms with Crippen molar-refractivity contribution in [3.8, 4) is 0 Å². The Balaban J connectivity index is 1.18. The second-order valence-corrected chi connectivity index (χ2v) is 11.4. The molecule has 2 amide bonds. The highest BCUT2D eigenvalue weighted by Gasteiger charge is 2.49. The number of fused-ring (bicyclic) bond motifs is 4. The van der Waals surface area contributed by atoms with Crippen LogP contribution < -0.4 is 0 Å². The molecule has 2 atom stereocenters. The molecule has 2 saturated heterocycles. The highest BCUT2D eigenvalue weighted by molar-refractivity contribution is 6.30. The first-order valence-corrected chi connectivity index (χ1v) is 14.2. The van der Waals surface area contributed by atoms with Gasteiger partial charge in [0.1, 0.15) is 12.6 Å². The first-order chi connectivity index (χ1) is 19.1. The summed E-state index contributed by atoms with van der Waals surface area (Å²) >= 11 is 6.21. The van der Waals surface area contributed by atoms with E-state index in [2.05, 4.69) is 46.3 Å². The Morgan fingerprint density at radius 2 is 1.59 bits per heavy atom. The van der Waals surface area contributed by atoms with Crippen LogP contribution in [0.1, 0.15) is 41.3 Å². The number of aromatic amines is 1. The van der Waals surface area contributed by atoms with E-state index in [0.29, 0.717) is 11.4 Å². The van der Waals surface area contributed by atoms with Crippen molar-refractivity contribution in [2.45, 2.75) is 43.9 Å².